The number of hydrogen-bond donors (Lipinski definition) is 2. The van der Waals surface area contributed by atoms with Crippen LogP contribution in [0.2, 0.25) is 0 Å². The van der Waals surface area contributed by atoms with E-state index in [-0.39, 0.29) is 11.3 Å². The van der Waals surface area contributed by atoms with Crippen LogP contribution in [0, 0.1) is 0 Å². The number of aliphatic carboxylic acids is 1. The lowest BCUT2D eigenvalue weighted by atomic mass is 10.1. The fourth-order valence-corrected chi connectivity index (χ4v) is 2.60. The number of phenolic OH excluding ortho intramolecular Hbond substituents is 1. The van der Waals surface area contributed by atoms with Crippen LogP contribution in [0.15, 0.2) is 65.8 Å². The highest BCUT2D eigenvalue weighted by Gasteiger charge is 2.12. The normalized spacial score (nSPS) is 11.2. The number of nitrogens with zero attached hydrogens (tertiary/aromatic N) is 1. The summed E-state index contributed by atoms with van der Waals surface area (Å²) in [6.07, 6.45) is 0. The molecule has 0 fully saturated rings. The number of carboxylic acids is 1. The van der Waals surface area contributed by atoms with Gasteiger partial charge in [0.2, 0.25) is 0 Å². The first-order valence-corrected chi connectivity index (χ1v) is 8.43. The Kier molecular flexibility index (Phi) is 5.55. The monoisotopic (exact) mass is 377 g/mol. The molecule has 3 aromatic carbocycles. The van der Waals surface area contributed by atoms with Gasteiger partial charge < -0.3 is 19.7 Å². The van der Waals surface area contributed by atoms with Crippen LogP contribution in [0.3, 0.4) is 0 Å². The summed E-state index contributed by atoms with van der Waals surface area (Å²) in [6.45, 7) is 1.18. The van der Waals surface area contributed by atoms with Gasteiger partial charge in [-0.05, 0) is 59.7 Å². The SMILES string of the molecule is C/C(=N/NC(=O)c1cc2ccccc2cc1O)c1ccc(OCC(=O)[O-])cc1. The summed E-state index contributed by atoms with van der Waals surface area (Å²) in [6, 6.07) is 17.1. The van der Waals surface area contributed by atoms with E-state index in [9.17, 15) is 19.8 Å². The van der Waals surface area contributed by atoms with Crippen molar-refractivity contribution in [3.63, 3.8) is 0 Å². The highest BCUT2D eigenvalue weighted by Crippen LogP contribution is 2.24. The number of nitrogens with one attached hydrogen (secondary N) is 1. The van der Waals surface area contributed by atoms with Gasteiger partial charge in [0.15, 0.2) is 0 Å². The van der Waals surface area contributed by atoms with Gasteiger partial charge in [0.25, 0.3) is 5.91 Å². The number of phenols is 1. The molecule has 0 aliphatic rings. The lowest BCUT2D eigenvalue weighted by molar-refractivity contribution is -0.307. The van der Waals surface area contributed by atoms with Crippen LogP contribution >= 0.6 is 0 Å². The molecule has 0 aliphatic carbocycles. The largest absolute Gasteiger partial charge is 0.546 e. The first-order valence-electron chi connectivity index (χ1n) is 8.43. The Bertz CT molecular complexity index is 1060. The number of amides is 1. The summed E-state index contributed by atoms with van der Waals surface area (Å²) in [5.74, 6) is -1.58. The predicted octanol–water partition coefficient (Wildman–Crippen LogP) is 1.83. The molecule has 0 bridgehead atoms. The van der Waals surface area contributed by atoms with Crippen molar-refractivity contribution in [3.8, 4) is 11.5 Å². The summed E-state index contributed by atoms with van der Waals surface area (Å²) in [5.41, 5.74) is 3.80. The van der Waals surface area contributed by atoms with Crippen LogP contribution in [0.5, 0.6) is 11.5 Å². The molecule has 142 valence electrons. The lowest BCUT2D eigenvalue weighted by Crippen LogP contribution is -2.28. The second kappa shape index (κ2) is 8.22. The topological polar surface area (TPSA) is 111 Å². The number of carbonyl (C=O) groups excluding carboxylic acids is 2. The standard InChI is InChI=1S/C21H18N2O5/c1-13(14-6-8-17(9-7-14)28-12-20(25)26)22-23-21(27)18-10-15-4-2-3-5-16(15)11-19(18)24/h2-11,24H,12H2,1H3,(H,23,27)(H,25,26)/p-1/b22-13-. The number of aromatic hydroxyl groups is 1. The zero-order chi connectivity index (χ0) is 20.1. The number of rotatable bonds is 6. The maximum absolute atomic E-state index is 12.4. The molecule has 0 radical (unpaired) electrons. The van der Waals surface area contributed by atoms with E-state index in [1.54, 1.807) is 37.3 Å². The summed E-state index contributed by atoms with van der Waals surface area (Å²) >= 11 is 0. The van der Waals surface area contributed by atoms with E-state index >= 15 is 0 Å². The molecule has 0 aromatic heterocycles. The molecule has 3 rings (SSSR count). The second-order valence-electron chi connectivity index (χ2n) is 6.04. The third kappa shape index (κ3) is 4.45. The fourth-order valence-electron chi connectivity index (χ4n) is 2.60. The maximum atomic E-state index is 12.4. The van der Waals surface area contributed by atoms with E-state index < -0.39 is 18.5 Å². The molecule has 2 N–H and O–H groups in total. The number of hydrogen-bond acceptors (Lipinski definition) is 6. The van der Waals surface area contributed by atoms with Crippen molar-refractivity contribution < 1.29 is 24.5 Å². The molecule has 7 nitrogen and oxygen atoms in total. The summed E-state index contributed by atoms with van der Waals surface area (Å²) < 4.78 is 5.01. The van der Waals surface area contributed by atoms with Crippen molar-refractivity contribution in [1.82, 2.24) is 5.43 Å². The van der Waals surface area contributed by atoms with Gasteiger partial charge in [-0.15, -0.1) is 0 Å². The zero-order valence-electron chi connectivity index (χ0n) is 15.0. The Labute approximate surface area is 160 Å². The highest BCUT2D eigenvalue weighted by atomic mass is 16.5. The summed E-state index contributed by atoms with van der Waals surface area (Å²) in [7, 11) is 0. The number of carboxylic acid groups (broad SMARTS) is 1. The first kappa shape index (κ1) is 18.9. The highest BCUT2D eigenvalue weighted by molar-refractivity contribution is 6.03. The molecule has 0 unspecified atom stereocenters. The molecule has 1 amide bonds. The Morgan fingerprint density at radius 2 is 1.71 bits per heavy atom. The van der Waals surface area contributed by atoms with Crippen molar-refractivity contribution in [2.75, 3.05) is 6.61 Å². The third-order valence-corrected chi connectivity index (χ3v) is 4.06. The Hall–Kier alpha value is -3.87. The quantitative estimate of drug-likeness (QED) is 0.503. The second-order valence-corrected chi connectivity index (χ2v) is 6.04. The molecule has 7 heteroatoms. The fraction of sp³-hybridized carbons (Fsp3) is 0.0952. The van der Waals surface area contributed by atoms with Gasteiger partial charge in [0.1, 0.15) is 18.1 Å². The predicted molar refractivity (Wildman–Crippen MR) is 102 cm³/mol. The molecule has 0 saturated carbocycles. The zero-order valence-corrected chi connectivity index (χ0v) is 15.0. The van der Waals surface area contributed by atoms with Crippen LogP contribution in [0.4, 0.5) is 0 Å². The minimum Gasteiger partial charge on any atom is -0.546 e. The average molecular weight is 377 g/mol. The van der Waals surface area contributed by atoms with E-state index in [4.69, 9.17) is 4.74 Å². The third-order valence-electron chi connectivity index (χ3n) is 4.06. The molecule has 0 spiro atoms. The van der Waals surface area contributed by atoms with E-state index in [0.29, 0.717) is 17.0 Å². The molecule has 0 saturated heterocycles. The number of fused-ring (bicyclic) bond motifs is 1. The first-order chi connectivity index (χ1) is 13.4. The minimum absolute atomic E-state index is 0.126. The molecular formula is C21H17N2O5-. The molecular weight excluding hydrogens is 360 g/mol. The van der Waals surface area contributed by atoms with Crippen molar-refractivity contribution >= 4 is 28.4 Å². The Balaban J connectivity index is 1.71. The van der Waals surface area contributed by atoms with Crippen molar-refractivity contribution in [3.05, 3.63) is 71.8 Å². The van der Waals surface area contributed by atoms with Crippen LogP contribution in [-0.4, -0.2) is 29.3 Å². The summed E-state index contributed by atoms with van der Waals surface area (Å²) in [4.78, 5) is 22.8. The average Bonchev–Trinajstić information content (AvgIpc) is 2.70. The Morgan fingerprint density at radius 1 is 1.07 bits per heavy atom. The molecule has 0 aliphatic heterocycles. The van der Waals surface area contributed by atoms with Crippen molar-refractivity contribution in [2.24, 2.45) is 5.10 Å². The van der Waals surface area contributed by atoms with Gasteiger partial charge in [0.05, 0.1) is 17.2 Å². The lowest BCUT2D eigenvalue weighted by Gasteiger charge is -2.08. The van der Waals surface area contributed by atoms with Gasteiger partial charge in [-0.2, -0.15) is 5.10 Å². The number of hydrazone groups is 1. The van der Waals surface area contributed by atoms with Gasteiger partial charge in [-0.25, -0.2) is 5.43 Å². The Morgan fingerprint density at radius 3 is 2.36 bits per heavy atom. The van der Waals surface area contributed by atoms with Gasteiger partial charge in [-0.1, -0.05) is 24.3 Å². The number of ether oxygens (including phenoxy) is 1. The maximum Gasteiger partial charge on any atom is 0.275 e. The van der Waals surface area contributed by atoms with Crippen LogP contribution < -0.4 is 15.3 Å². The smallest absolute Gasteiger partial charge is 0.275 e. The van der Waals surface area contributed by atoms with Crippen molar-refractivity contribution in [2.45, 2.75) is 6.92 Å². The number of carbonyl (C=O) groups is 2. The van der Waals surface area contributed by atoms with Crippen LogP contribution in [0.25, 0.3) is 10.8 Å². The van der Waals surface area contributed by atoms with E-state index in [1.165, 1.54) is 6.07 Å². The molecule has 0 atom stereocenters. The number of benzene rings is 3. The molecule has 28 heavy (non-hydrogen) atoms. The summed E-state index contributed by atoms with van der Waals surface area (Å²) in [5, 5.41) is 26.2. The molecule has 3 aromatic rings. The van der Waals surface area contributed by atoms with Gasteiger partial charge in [-0.3, -0.25) is 4.79 Å². The van der Waals surface area contributed by atoms with Crippen LogP contribution in [0.1, 0.15) is 22.8 Å². The minimum atomic E-state index is -1.30. The van der Waals surface area contributed by atoms with Crippen molar-refractivity contribution in [1.29, 1.82) is 0 Å². The van der Waals surface area contributed by atoms with E-state index in [0.717, 1.165) is 10.8 Å². The molecule has 0 heterocycles. The van der Waals surface area contributed by atoms with E-state index in [1.807, 2.05) is 24.3 Å². The van der Waals surface area contributed by atoms with Gasteiger partial charge >= 0.3 is 0 Å². The van der Waals surface area contributed by atoms with E-state index in [2.05, 4.69) is 10.5 Å². The van der Waals surface area contributed by atoms with Gasteiger partial charge in [0, 0.05) is 0 Å². The van der Waals surface area contributed by atoms with Crippen LogP contribution in [-0.2, 0) is 4.79 Å².